The van der Waals surface area contributed by atoms with Gasteiger partial charge in [0.25, 0.3) is 6.47 Å². The second-order valence-corrected chi connectivity index (χ2v) is 4.26. The van der Waals surface area contributed by atoms with Gasteiger partial charge in [0.15, 0.2) is 6.10 Å². The fraction of sp³-hybridized carbons (Fsp3) is 0.714. The van der Waals surface area contributed by atoms with Crippen LogP contribution in [0.15, 0.2) is 0 Å². The van der Waals surface area contributed by atoms with Gasteiger partial charge in [-0.15, -0.1) is 0 Å². The molecular formula is C7H12BO9P. The zero-order chi connectivity index (χ0) is 14.0. The van der Waals surface area contributed by atoms with Crippen molar-refractivity contribution in [2.45, 2.75) is 6.10 Å². The van der Waals surface area contributed by atoms with E-state index in [0.717, 1.165) is 0 Å². The van der Waals surface area contributed by atoms with Crippen LogP contribution in [0.5, 0.6) is 0 Å². The third kappa shape index (κ3) is 9.14. The van der Waals surface area contributed by atoms with Crippen LogP contribution >= 0.6 is 7.82 Å². The molecule has 0 aliphatic carbocycles. The molecule has 0 saturated carbocycles. The Hall–Kier alpha value is -0.925. The van der Waals surface area contributed by atoms with Gasteiger partial charge in [0.05, 0.1) is 19.8 Å². The number of hydrogen-bond donors (Lipinski definition) is 2. The molecular weight excluding hydrogens is 270 g/mol. The maximum absolute atomic E-state index is 11.2. The molecule has 0 aromatic heterocycles. The third-order valence-electron chi connectivity index (χ3n) is 1.40. The standard InChI is InChI=1S/C7H12BO9P/c8-7(11)17-6(3-14-5-10)4-16-18(12,13)15-2-1-9/h5-6,9H,1-4H2,(H,12,13)/t6-/m1/s1. The van der Waals surface area contributed by atoms with E-state index in [1.54, 1.807) is 0 Å². The molecule has 0 amide bonds. The Morgan fingerprint density at radius 3 is 2.56 bits per heavy atom. The molecule has 2 atom stereocenters. The van der Waals surface area contributed by atoms with Crippen LogP contribution in [-0.4, -0.2) is 62.7 Å². The monoisotopic (exact) mass is 282 g/mol. The second kappa shape index (κ2) is 9.06. The van der Waals surface area contributed by atoms with Crippen molar-refractivity contribution in [2.24, 2.45) is 0 Å². The highest BCUT2D eigenvalue weighted by Gasteiger charge is 2.24. The first-order chi connectivity index (χ1) is 8.41. The van der Waals surface area contributed by atoms with E-state index >= 15 is 0 Å². The van der Waals surface area contributed by atoms with Crippen molar-refractivity contribution in [3.8, 4) is 0 Å². The molecule has 0 spiro atoms. The number of aliphatic hydroxyl groups is 1. The molecule has 2 N–H and O–H groups in total. The van der Waals surface area contributed by atoms with E-state index in [2.05, 4.69) is 18.5 Å². The number of carbonyl (C=O) groups is 2. The van der Waals surface area contributed by atoms with Gasteiger partial charge >= 0.3 is 7.82 Å². The predicted octanol–water partition coefficient (Wildman–Crippen LogP) is -1.04. The van der Waals surface area contributed by atoms with Gasteiger partial charge < -0.3 is 19.5 Å². The molecule has 0 saturated heterocycles. The van der Waals surface area contributed by atoms with Crippen LogP contribution in [0.3, 0.4) is 0 Å². The lowest BCUT2D eigenvalue weighted by molar-refractivity contribution is -0.132. The summed E-state index contributed by atoms with van der Waals surface area (Å²) in [6, 6.07) is 0. The minimum Gasteiger partial charge on any atom is -0.465 e. The fourth-order valence-electron chi connectivity index (χ4n) is 0.798. The first kappa shape index (κ1) is 17.1. The highest BCUT2D eigenvalue weighted by atomic mass is 31.2. The van der Waals surface area contributed by atoms with Crippen LogP contribution in [0.2, 0.25) is 0 Å². The molecule has 11 heteroatoms. The summed E-state index contributed by atoms with van der Waals surface area (Å²) in [6.45, 7) is -1.75. The van der Waals surface area contributed by atoms with Gasteiger partial charge in [-0.2, -0.15) is 0 Å². The normalized spacial score (nSPS) is 15.4. The number of carbonyl (C=O) groups excluding carboxylic acids is 2. The zero-order valence-corrected chi connectivity index (χ0v) is 10.2. The van der Waals surface area contributed by atoms with Crippen LogP contribution < -0.4 is 0 Å². The Morgan fingerprint density at radius 2 is 2.06 bits per heavy atom. The number of aliphatic hydroxyl groups excluding tert-OH is 1. The molecule has 0 rings (SSSR count). The first-order valence-electron chi connectivity index (χ1n) is 4.65. The van der Waals surface area contributed by atoms with E-state index in [-0.39, 0.29) is 6.47 Å². The van der Waals surface area contributed by atoms with Crippen LogP contribution in [-0.2, 0) is 27.9 Å². The molecule has 9 nitrogen and oxygen atoms in total. The summed E-state index contributed by atoms with van der Waals surface area (Å²) in [4.78, 5) is 29.5. The van der Waals surface area contributed by atoms with Crippen LogP contribution in [0.1, 0.15) is 0 Å². The molecule has 0 aromatic rings. The Balaban J connectivity index is 4.18. The zero-order valence-electron chi connectivity index (χ0n) is 9.26. The number of ether oxygens (including phenoxy) is 2. The molecule has 18 heavy (non-hydrogen) atoms. The van der Waals surface area contributed by atoms with E-state index in [0.29, 0.717) is 0 Å². The number of hydrogen-bond acceptors (Lipinski definition) is 8. The molecule has 0 heterocycles. The molecule has 102 valence electrons. The Labute approximate surface area is 104 Å². The van der Waals surface area contributed by atoms with Crippen LogP contribution in [0, 0.1) is 0 Å². The van der Waals surface area contributed by atoms with Crippen molar-refractivity contribution >= 4 is 28.0 Å². The average Bonchev–Trinajstić information content (AvgIpc) is 2.30. The second-order valence-electron chi connectivity index (χ2n) is 2.81. The van der Waals surface area contributed by atoms with E-state index in [9.17, 15) is 14.2 Å². The minimum absolute atomic E-state index is 0.0954. The molecule has 0 aliphatic heterocycles. The molecule has 0 aromatic carbocycles. The van der Waals surface area contributed by atoms with Gasteiger partial charge in [-0.25, -0.2) is 4.57 Å². The Kier molecular flexibility index (Phi) is 8.60. The smallest absolute Gasteiger partial charge is 0.465 e. The number of rotatable bonds is 10. The molecule has 1 unspecified atom stereocenters. The summed E-state index contributed by atoms with van der Waals surface area (Å²) < 4.78 is 28.6. The van der Waals surface area contributed by atoms with E-state index in [1.165, 1.54) is 0 Å². The summed E-state index contributed by atoms with van der Waals surface area (Å²) in [6.07, 6.45) is -1.15. The molecule has 0 bridgehead atoms. The molecule has 2 radical (unpaired) electrons. The fourth-order valence-corrected chi connectivity index (χ4v) is 1.54. The largest absolute Gasteiger partial charge is 0.472 e. The quantitative estimate of drug-likeness (QED) is 0.293. The topological polar surface area (TPSA) is 129 Å². The number of phosphoric ester groups is 1. The van der Waals surface area contributed by atoms with Gasteiger partial charge in [0.1, 0.15) is 6.61 Å². The van der Waals surface area contributed by atoms with Gasteiger partial charge in [0.2, 0.25) is 13.7 Å². The molecule has 0 aliphatic rings. The van der Waals surface area contributed by atoms with Crippen molar-refractivity contribution in [1.29, 1.82) is 0 Å². The maximum Gasteiger partial charge on any atom is 0.472 e. The van der Waals surface area contributed by atoms with E-state index in [1.807, 2.05) is 0 Å². The SMILES string of the molecule is [B]C(=O)O[C@H](COC=O)COP(=O)(O)OCCO. The molecule has 0 fully saturated rings. The Bertz CT molecular complexity index is 309. The minimum atomic E-state index is -4.37. The summed E-state index contributed by atoms with van der Waals surface area (Å²) in [5.74, 6) is -1.16. The van der Waals surface area contributed by atoms with E-state index < -0.39 is 46.2 Å². The predicted molar refractivity (Wildman–Crippen MR) is 56.9 cm³/mol. The van der Waals surface area contributed by atoms with Crippen molar-refractivity contribution in [3.63, 3.8) is 0 Å². The highest BCUT2D eigenvalue weighted by molar-refractivity contribution is 7.47. The number of phosphoric acid groups is 1. The lowest BCUT2D eigenvalue weighted by Gasteiger charge is -2.18. The van der Waals surface area contributed by atoms with Gasteiger partial charge in [-0.3, -0.25) is 18.6 Å². The lowest BCUT2D eigenvalue weighted by Crippen LogP contribution is -2.27. The summed E-state index contributed by atoms with van der Waals surface area (Å²) in [7, 11) is 0.354. The van der Waals surface area contributed by atoms with Crippen LogP contribution in [0.25, 0.3) is 0 Å². The Morgan fingerprint density at radius 1 is 1.39 bits per heavy atom. The van der Waals surface area contributed by atoms with Gasteiger partial charge in [-0.05, 0) is 0 Å². The lowest BCUT2D eigenvalue weighted by atomic mass is 10.2. The van der Waals surface area contributed by atoms with Gasteiger partial charge in [-0.1, -0.05) is 0 Å². The summed E-state index contributed by atoms with van der Waals surface area (Å²) >= 11 is 0. The van der Waals surface area contributed by atoms with E-state index in [4.69, 9.17) is 17.8 Å². The summed E-state index contributed by atoms with van der Waals surface area (Å²) in [5, 5.41) is 8.38. The van der Waals surface area contributed by atoms with Crippen molar-refractivity contribution in [2.75, 3.05) is 26.4 Å². The summed E-state index contributed by atoms with van der Waals surface area (Å²) in [5.41, 5.74) is 0. The van der Waals surface area contributed by atoms with Crippen LogP contribution in [0.4, 0.5) is 4.79 Å². The van der Waals surface area contributed by atoms with Gasteiger partial charge in [0, 0.05) is 0 Å². The maximum atomic E-state index is 11.2. The van der Waals surface area contributed by atoms with Crippen molar-refractivity contribution < 1.29 is 42.7 Å². The first-order valence-corrected chi connectivity index (χ1v) is 6.15. The van der Waals surface area contributed by atoms with Crippen molar-refractivity contribution in [3.05, 3.63) is 0 Å². The third-order valence-corrected chi connectivity index (χ3v) is 2.39. The van der Waals surface area contributed by atoms with Crippen molar-refractivity contribution in [1.82, 2.24) is 0 Å². The average molecular weight is 282 g/mol. The highest BCUT2D eigenvalue weighted by Crippen LogP contribution is 2.42.